The molecule has 110 valence electrons. The second-order valence-electron chi connectivity index (χ2n) is 4.76. The van der Waals surface area contributed by atoms with Crippen LogP contribution in [0.1, 0.15) is 23.8 Å². The predicted octanol–water partition coefficient (Wildman–Crippen LogP) is 1.75. The number of carbonyl (C=O) groups is 1. The van der Waals surface area contributed by atoms with Gasteiger partial charge in [-0.25, -0.2) is 0 Å². The number of aliphatic hydroxyl groups excluding tert-OH is 1. The van der Waals surface area contributed by atoms with Gasteiger partial charge in [-0.15, -0.1) is 0 Å². The van der Waals surface area contributed by atoms with Gasteiger partial charge in [-0.3, -0.25) is 9.78 Å². The van der Waals surface area contributed by atoms with Crippen LogP contribution in [0.3, 0.4) is 0 Å². The Morgan fingerprint density at radius 2 is 1.86 bits per heavy atom. The number of pyridine rings is 1. The molecule has 0 saturated heterocycles. The predicted molar refractivity (Wildman–Crippen MR) is 78.5 cm³/mol. The van der Waals surface area contributed by atoms with Crippen LogP contribution in [-0.2, 0) is 11.3 Å². The third-order valence-corrected chi connectivity index (χ3v) is 3.19. The first-order chi connectivity index (χ1) is 10.2. The van der Waals surface area contributed by atoms with Crippen molar-refractivity contribution < 1.29 is 15.0 Å². The molecule has 0 saturated carbocycles. The molecule has 0 spiro atoms. The average Bonchev–Trinajstić information content (AvgIpc) is 2.52. The summed E-state index contributed by atoms with van der Waals surface area (Å²) in [5, 5.41) is 22.4. The summed E-state index contributed by atoms with van der Waals surface area (Å²) in [6, 6.07) is 14.0. The lowest BCUT2D eigenvalue weighted by atomic mass is 9.99. The largest absolute Gasteiger partial charge is 0.481 e. The molecule has 5 nitrogen and oxygen atoms in total. The first-order valence-corrected chi connectivity index (χ1v) is 6.75. The fourth-order valence-corrected chi connectivity index (χ4v) is 2.10. The van der Waals surface area contributed by atoms with Crippen molar-refractivity contribution in [2.45, 2.75) is 25.1 Å². The Hall–Kier alpha value is -2.24. The minimum atomic E-state index is -0.955. The maximum atomic E-state index is 11.0. The van der Waals surface area contributed by atoms with Crippen molar-refractivity contribution in [2.24, 2.45) is 0 Å². The van der Waals surface area contributed by atoms with Gasteiger partial charge in [0.05, 0.1) is 18.2 Å². The van der Waals surface area contributed by atoms with Gasteiger partial charge in [0.15, 0.2) is 0 Å². The van der Waals surface area contributed by atoms with Crippen LogP contribution in [-0.4, -0.2) is 27.2 Å². The lowest BCUT2D eigenvalue weighted by Gasteiger charge is -2.23. The molecule has 0 radical (unpaired) electrons. The van der Waals surface area contributed by atoms with E-state index in [1.807, 2.05) is 36.4 Å². The Morgan fingerprint density at radius 3 is 2.48 bits per heavy atom. The van der Waals surface area contributed by atoms with Crippen LogP contribution in [0.4, 0.5) is 0 Å². The van der Waals surface area contributed by atoms with Gasteiger partial charge in [0, 0.05) is 18.8 Å². The Kier molecular flexibility index (Phi) is 5.43. The fourth-order valence-electron chi connectivity index (χ4n) is 2.10. The highest BCUT2D eigenvalue weighted by molar-refractivity contribution is 5.67. The zero-order chi connectivity index (χ0) is 15.1. The molecule has 21 heavy (non-hydrogen) atoms. The Morgan fingerprint density at radius 1 is 1.14 bits per heavy atom. The number of aliphatic hydroxyl groups is 1. The van der Waals surface area contributed by atoms with Crippen molar-refractivity contribution in [3.8, 4) is 0 Å². The molecule has 1 aromatic heterocycles. The van der Waals surface area contributed by atoms with E-state index in [9.17, 15) is 9.90 Å². The van der Waals surface area contributed by atoms with Crippen molar-refractivity contribution >= 4 is 5.97 Å². The smallest absolute Gasteiger partial charge is 0.305 e. The van der Waals surface area contributed by atoms with Gasteiger partial charge in [0.2, 0.25) is 0 Å². The van der Waals surface area contributed by atoms with Gasteiger partial charge in [-0.05, 0) is 17.7 Å². The summed E-state index contributed by atoms with van der Waals surface area (Å²) < 4.78 is 0. The minimum Gasteiger partial charge on any atom is -0.481 e. The number of nitrogens with zero attached hydrogens (tertiary/aromatic N) is 1. The summed E-state index contributed by atoms with van der Waals surface area (Å²) in [5.74, 6) is -0.955. The molecule has 0 aliphatic heterocycles. The van der Waals surface area contributed by atoms with Gasteiger partial charge >= 0.3 is 5.97 Å². The number of carboxylic acid groups (broad SMARTS) is 1. The highest BCUT2D eigenvalue weighted by atomic mass is 16.4. The molecule has 1 heterocycles. The van der Waals surface area contributed by atoms with Crippen molar-refractivity contribution in [3.63, 3.8) is 0 Å². The van der Waals surface area contributed by atoms with Crippen molar-refractivity contribution in [3.05, 3.63) is 66.0 Å². The molecule has 0 amide bonds. The van der Waals surface area contributed by atoms with Crippen LogP contribution in [0.5, 0.6) is 0 Å². The standard InChI is InChI=1S/C16H18N2O3/c19-15(20)10-14(16(21)12-6-2-1-3-7-12)18-11-13-8-4-5-9-17-13/h1-9,14,16,18,21H,10-11H2,(H,19,20). The van der Waals surface area contributed by atoms with Crippen LogP contribution in [0.25, 0.3) is 0 Å². The van der Waals surface area contributed by atoms with E-state index >= 15 is 0 Å². The number of aromatic nitrogens is 1. The van der Waals surface area contributed by atoms with Crippen molar-refractivity contribution in [1.82, 2.24) is 10.3 Å². The number of benzene rings is 1. The number of nitrogens with one attached hydrogen (secondary N) is 1. The van der Waals surface area contributed by atoms with Gasteiger partial charge in [-0.2, -0.15) is 0 Å². The minimum absolute atomic E-state index is 0.164. The summed E-state index contributed by atoms with van der Waals surface area (Å²) >= 11 is 0. The second-order valence-corrected chi connectivity index (χ2v) is 4.76. The fraction of sp³-hybridized carbons (Fsp3) is 0.250. The number of hydrogen-bond acceptors (Lipinski definition) is 4. The average molecular weight is 286 g/mol. The van der Waals surface area contributed by atoms with E-state index in [-0.39, 0.29) is 6.42 Å². The SMILES string of the molecule is O=C(O)CC(NCc1ccccn1)C(O)c1ccccc1. The molecule has 2 unspecified atom stereocenters. The highest BCUT2D eigenvalue weighted by Gasteiger charge is 2.23. The molecule has 0 bridgehead atoms. The van der Waals surface area contributed by atoms with E-state index in [2.05, 4.69) is 10.3 Å². The molecular formula is C16H18N2O3. The third-order valence-electron chi connectivity index (χ3n) is 3.19. The molecule has 2 rings (SSSR count). The number of rotatable bonds is 7. The molecule has 0 aliphatic carbocycles. The van der Waals surface area contributed by atoms with Crippen LogP contribution in [0.15, 0.2) is 54.7 Å². The molecule has 5 heteroatoms. The third kappa shape index (κ3) is 4.66. The number of aliphatic carboxylic acids is 1. The Balaban J connectivity index is 2.05. The molecule has 3 N–H and O–H groups in total. The Labute approximate surface area is 123 Å². The van der Waals surface area contributed by atoms with Gasteiger partial charge in [0.1, 0.15) is 0 Å². The van der Waals surface area contributed by atoms with Crippen molar-refractivity contribution in [1.29, 1.82) is 0 Å². The van der Waals surface area contributed by atoms with E-state index in [1.54, 1.807) is 18.3 Å². The van der Waals surface area contributed by atoms with Gasteiger partial charge in [0.25, 0.3) is 0 Å². The van der Waals surface area contributed by atoms with Crippen LogP contribution in [0, 0.1) is 0 Å². The highest BCUT2D eigenvalue weighted by Crippen LogP contribution is 2.19. The summed E-state index contributed by atoms with van der Waals surface area (Å²) in [5.41, 5.74) is 1.49. The van der Waals surface area contributed by atoms with Crippen molar-refractivity contribution in [2.75, 3.05) is 0 Å². The monoisotopic (exact) mass is 286 g/mol. The van der Waals surface area contributed by atoms with Crippen LogP contribution in [0.2, 0.25) is 0 Å². The van der Waals surface area contributed by atoms with E-state index in [4.69, 9.17) is 5.11 Å². The zero-order valence-corrected chi connectivity index (χ0v) is 11.5. The summed E-state index contributed by atoms with van der Waals surface area (Å²) in [4.78, 5) is 15.2. The summed E-state index contributed by atoms with van der Waals surface area (Å²) in [6.45, 7) is 0.405. The van der Waals surface area contributed by atoms with Crippen LogP contribution >= 0.6 is 0 Å². The van der Waals surface area contributed by atoms with E-state index in [0.717, 1.165) is 5.69 Å². The summed E-state index contributed by atoms with van der Waals surface area (Å²) in [6.07, 6.45) is 0.630. The number of carboxylic acids is 1. The quantitative estimate of drug-likeness (QED) is 0.722. The summed E-state index contributed by atoms with van der Waals surface area (Å²) in [7, 11) is 0. The number of hydrogen-bond donors (Lipinski definition) is 3. The molecule has 0 fully saturated rings. The molecule has 2 aromatic rings. The van der Waals surface area contributed by atoms with Gasteiger partial charge in [-0.1, -0.05) is 36.4 Å². The van der Waals surface area contributed by atoms with Gasteiger partial charge < -0.3 is 15.5 Å². The molecule has 1 aromatic carbocycles. The first kappa shape index (κ1) is 15.2. The lowest BCUT2D eigenvalue weighted by Crippen LogP contribution is -2.36. The lowest BCUT2D eigenvalue weighted by molar-refractivity contribution is -0.138. The Bertz CT molecular complexity index is 560. The maximum absolute atomic E-state index is 11.0. The van der Waals surface area contributed by atoms with E-state index in [1.165, 1.54) is 0 Å². The first-order valence-electron chi connectivity index (χ1n) is 6.75. The topological polar surface area (TPSA) is 82.5 Å². The second kappa shape index (κ2) is 7.52. The van der Waals surface area contributed by atoms with Crippen LogP contribution < -0.4 is 5.32 Å². The van der Waals surface area contributed by atoms with E-state index in [0.29, 0.717) is 12.1 Å². The maximum Gasteiger partial charge on any atom is 0.305 e. The molecule has 2 atom stereocenters. The zero-order valence-electron chi connectivity index (χ0n) is 11.5. The molecule has 0 aliphatic rings. The van der Waals surface area contributed by atoms with E-state index < -0.39 is 18.1 Å². The molecular weight excluding hydrogens is 268 g/mol. The normalized spacial score (nSPS) is 13.6.